The van der Waals surface area contributed by atoms with Crippen molar-refractivity contribution in [2.45, 2.75) is 13.3 Å². The number of aromatic nitrogens is 2. The molecule has 0 bridgehead atoms. The molecule has 1 amide bonds. The van der Waals surface area contributed by atoms with Crippen LogP contribution >= 0.6 is 0 Å². The number of benzene rings is 1. The fourth-order valence-electron chi connectivity index (χ4n) is 3.44. The van der Waals surface area contributed by atoms with E-state index < -0.39 is 0 Å². The Morgan fingerprint density at radius 2 is 1.83 bits per heavy atom. The van der Waals surface area contributed by atoms with Crippen LogP contribution in [0.2, 0.25) is 0 Å². The smallest absolute Gasteiger partial charge is 0.227 e. The van der Waals surface area contributed by atoms with Crippen molar-refractivity contribution >= 4 is 23.4 Å². The van der Waals surface area contributed by atoms with Gasteiger partial charge in [0.2, 0.25) is 11.9 Å². The Morgan fingerprint density at radius 3 is 2.62 bits per heavy atom. The molecule has 2 aromatic rings. The van der Waals surface area contributed by atoms with E-state index in [1.54, 1.807) is 6.92 Å². The number of nitrogens with zero attached hydrogens (tertiary/aromatic N) is 5. The molecular formula is C18H21N5O. The molecule has 0 atom stereocenters. The molecule has 6 heteroatoms. The van der Waals surface area contributed by atoms with Crippen molar-refractivity contribution in [2.24, 2.45) is 0 Å². The van der Waals surface area contributed by atoms with Crippen molar-refractivity contribution < 1.29 is 4.79 Å². The largest absolute Gasteiger partial charge is 0.339 e. The summed E-state index contributed by atoms with van der Waals surface area (Å²) in [6, 6.07) is 10.5. The number of para-hydroxylation sites is 1. The first-order chi connectivity index (χ1) is 11.7. The summed E-state index contributed by atoms with van der Waals surface area (Å²) in [5, 5.41) is 0. The highest BCUT2D eigenvalue weighted by atomic mass is 16.2. The Balaban J connectivity index is 1.54. The zero-order valence-corrected chi connectivity index (χ0v) is 13.9. The van der Waals surface area contributed by atoms with Crippen LogP contribution in [0.4, 0.5) is 17.5 Å². The molecule has 0 aliphatic carbocycles. The second-order valence-corrected chi connectivity index (χ2v) is 6.24. The second-order valence-electron chi connectivity index (χ2n) is 6.24. The van der Waals surface area contributed by atoms with Gasteiger partial charge in [0.25, 0.3) is 0 Å². The van der Waals surface area contributed by atoms with Crippen molar-refractivity contribution in [1.29, 1.82) is 0 Å². The standard InChI is InChI=1S/C18H21N5O/c1-14(24)21-10-12-22(13-11-21)18-19-8-6-17(20-18)23-9-7-15-4-2-3-5-16(15)23/h2-6,8H,7,9-13H2,1H3. The Bertz CT molecular complexity index is 755. The van der Waals surface area contributed by atoms with Crippen LogP contribution in [-0.2, 0) is 11.2 Å². The lowest BCUT2D eigenvalue weighted by Crippen LogP contribution is -2.48. The van der Waals surface area contributed by atoms with Gasteiger partial charge in [0.05, 0.1) is 0 Å². The first kappa shape index (κ1) is 14.9. The predicted octanol–water partition coefficient (Wildman–Crippen LogP) is 1.84. The van der Waals surface area contributed by atoms with Crippen LogP contribution in [0, 0.1) is 0 Å². The number of hydrogen-bond donors (Lipinski definition) is 0. The zero-order valence-electron chi connectivity index (χ0n) is 13.9. The molecule has 2 aliphatic heterocycles. The van der Waals surface area contributed by atoms with Crippen LogP contribution in [0.3, 0.4) is 0 Å². The summed E-state index contributed by atoms with van der Waals surface area (Å²) in [5.74, 6) is 1.83. The van der Waals surface area contributed by atoms with Crippen LogP contribution < -0.4 is 9.80 Å². The maximum Gasteiger partial charge on any atom is 0.227 e. The van der Waals surface area contributed by atoms with Gasteiger partial charge in [-0.1, -0.05) is 18.2 Å². The third-order valence-corrected chi connectivity index (χ3v) is 4.80. The highest BCUT2D eigenvalue weighted by molar-refractivity contribution is 5.73. The van der Waals surface area contributed by atoms with E-state index in [0.29, 0.717) is 0 Å². The van der Waals surface area contributed by atoms with Gasteiger partial charge < -0.3 is 14.7 Å². The molecule has 4 rings (SSSR count). The summed E-state index contributed by atoms with van der Waals surface area (Å²) >= 11 is 0. The van der Waals surface area contributed by atoms with E-state index >= 15 is 0 Å². The Hall–Kier alpha value is -2.63. The fourth-order valence-corrected chi connectivity index (χ4v) is 3.44. The van der Waals surface area contributed by atoms with Gasteiger partial charge >= 0.3 is 0 Å². The number of hydrogen-bond acceptors (Lipinski definition) is 5. The van der Waals surface area contributed by atoms with Crippen LogP contribution in [0.15, 0.2) is 36.5 Å². The highest BCUT2D eigenvalue weighted by Gasteiger charge is 2.24. The molecule has 0 radical (unpaired) electrons. The van der Waals surface area contributed by atoms with Gasteiger partial charge in [0.15, 0.2) is 0 Å². The van der Waals surface area contributed by atoms with E-state index in [0.717, 1.165) is 50.9 Å². The van der Waals surface area contributed by atoms with E-state index in [9.17, 15) is 4.79 Å². The van der Waals surface area contributed by atoms with Gasteiger partial charge in [-0.15, -0.1) is 0 Å². The first-order valence-electron chi connectivity index (χ1n) is 8.41. The number of carbonyl (C=O) groups excluding carboxylic acids is 1. The SMILES string of the molecule is CC(=O)N1CCN(c2nccc(N3CCc4ccccc43)n2)CC1. The minimum absolute atomic E-state index is 0.137. The van der Waals surface area contributed by atoms with Crippen molar-refractivity contribution in [1.82, 2.24) is 14.9 Å². The Kier molecular flexibility index (Phi) is 3.80. The van der Waals surface area contributed by atoms with E-state index in [1.165, 1.54) is 11.3 Å². The quantitative estimate of drug-likeness (QED) is 0.844. The van der Waals surface area contributed by atoms with Crippen LogP contribution in [0.5, 0.6) is 0 Å². The Labute approximate surface area is 141 Å². The normalized spacial score (nSPS) is 17.1. The average Bonchev–Trinajstić information content (AvgIpc) is 3.06. The molecule has 0 spiro atoms. The number of fused-ring (bicyclic) bond motifs is 1. The maximum atomic E-state index is 11.5. The highest BCUT2D eigenvalue weighted by Crippen LogP contribution is 2.33. The van der Waals surface area contributed by atoms with Gasteiger partial charge in [-0.25, -0.2) is 4.98 Å². The fraction of sp³-hybridized carbons (Fsp3) is 0.389. The minimum Gasteiger partial charge on any atom is -0.339 e. The number of anilines is 3. The van der Waals surface area contributed by atoms with Crippen LogP contribution in [0.1, 0.15) is 12.5 Å². The van der Waals surface area contributed by atoms with E-state index in [4.69, 9.17) is 4.98 Å². The average molecular weight is 323 g/mol. The molecule has 24 heavy (non-hydrogen) atoms. The Morgan fingerprint density at radius 1 is 1.04 bits per heavy atom. The van der Waals surface area contributed by atoms with Gasteiger partial charge in [0.1, 0.15) is 5.82 Å². The van der Waals surface area contributed by atoms with Crippen molar-refractivity contribution in [3.63, 3.8) is 0 Å². The predicted molar refractivity (Wildman–Crippen MR) is 93.7 cm³/mol. The molecule has 3 heterocycles. The molecule has 6 nitrogen and oxygen atoms in total. The van der Waals surface area contributed by atoms with E-state index in [2.05, 4.69) is 39.0 Å². The second kappa shape index (κ2) is 6.11. The monoisotopic (exact) mass is 323 g/mol. The maximum absolute atomic E-state index is 11.5. The number of piperazine rings is 1. The number of rotatable bonds is 2. The number of amides is 1. The van der Waals surface area contributed by atoms with Gasteiger partial charge in [-0.05, 0) is 24.1 Å². The summed E-state index contributed by atoms with van der Waals surface area (Å²) in [6.07, 6.45) is 2.88. The molecule has 0 unspecified atom stereocenters. The molecule has 2 aliphatic rings. The summed E-state index contributed by atoms with van der Waals surface area (Å²) in [6.45, 7) is 5.59. The molecule has 1 aromatic carbocycles. The third kappa shape index (κ3) is 2.68. The summed E-state index contributed by atoms with van der Waals surface area (Å²) in [7, 11) is 0. The summed E-state index contributed by atoms with van der Waals surface area (Å²) in [4.78, 5) is 27.0. The van der Waals surface area contributed by atoms with Gasteiger partial charge in [0, 0.05) is 51.5 Å². The molecular weight excluding hydrogens is 302 g/mol. The van der Waals surface area contributed by atoms with Crippen molar-refractivity contribution in [2.75, 3.05) is 42.5 Å². The first-order valence-corrected chi connectivity index (χ1v) is 8.41. The molecule has 1 fully saturated rings. The van der Waals surface area contributed by atoms with E-state index in [1.807, 2.05) is 17.2 Å². The van der Waals surface area contributed by atoms with Gasteiger partial charge in [-0.2, -0.15) is 4.98 Å². The summed E-state index contributed by atoms with van der Waals surface area (Å²) < 4.78 is 0. The molecule has 124 valence electrons. The lowest BCUT2D eigenvalue weighted by Gasteiger charge is -2.34. The zero-order chi connectivity index (χ0) is 16.5. The van der Waals surface area contributed by atoms with Crippen molar-refractivity contribution in [3.05, 3.63) is 42.1 Å². The third-order valence-electron chi connectivity index (χ3n) is 4.80. The van der Waals surface area contributed by atoms with Crippen LogP contribution in [-0.4, -0.2) is 53.5 Å². The number of carbonyl (C=O) groups is 1. The molecule has 0 N–H and O–H groups in total. The van der Waals surface area contributed by atoms with Gasteiger partial charge in [-0.3, -0.25) is 4.79 Å². The topological polar surface area (TPSA) is 52.6 Å². The van der Waals surface area contributed by atoms with Crippen LogP contribution in [0.25, 0.3) is 0 Å². The molecule has 1 aromatic heterocycles. The minimum atomic E-state index is 0.137. The molecule has 0 saturated carbocycles. The molecule has 1 saturated heterocycles. The lowest BCUT2D eigenvalue weighted by atomic mass is 10.2. The summed E-state index contributed by atoms with van der Waals surface area (Å²) in [5.41, 5.74) is 2.61. The lowest BCUT2D eigenvalue weighted by molar-refractivity contribution is -0.129. The van der Waals surface area contributed by atoms with Crippen molar-refractivity contribution in [3.8, 4) is 0 Å². The van der Waals surface area contributed by atoms with E-state index in [-0.39, 0.29) is 5.91 Å².